The van der Waals surface area contributed by atoms with Gasteiger partial charge in [0.25, 0.3) is 0 Å². The Bertz CT molecular complexity index is 278. The van der Waals surface area contributed by atoms with E-state index in [4.69, 9.17) is 0 Å². The number of rotatable bonds is 1. The normalized spacial score (nSPS) is 20.8. The Kier molecular flexibility index (Phi) is 1.80. The van der Waals surface area contributed by atoms with Gasteiger partial charge in [-0.25, -0.2) is 0 Å². The van der Waals surface area contributed by atoms with Crippen LogP contribution in [-0.4, -0.2) is 6.54 Å². The minimum absolute atomic E-state index is 0.709. The highest BCUT2D eigenvalue weighted by atomic mass is 14.9. The van der Waals surface area contributed by atoms with Gasteiger partial charge in [0.1, 0.15) is 0 Å². The van der Waals surface area contributed by atoms with Crippen LogP contribution in [0.2, 0.25) is 0 Å². The molecule has 0 saturated heterocycles. The SMILES string of the molecule is CC(C)[C@H]1CNc2ccccc21. The van der Waals surface area contributed by atoms with Gasteiger partial charge < -0.3 is 5.32 Å². The van der Waals surface area contributed by atoms with Crippen molar-refractivity contribution in [2.45, 2.75) is 19.8 Å². The maximum atomic E-state index is 3.43. The van der Waals surface area contributed by atoms with Crippen molar-refractivity contribution in [3.63, 3.8) is 0 Å². The first kappa shape index (κ1) is 7.66. The largest absolute Gasteiger partial charge is 0.384 e. The topological polar surface area (TPSA) is 12.0 Å². The van der Waals surface area contributed by atoms with Crippen LogP contribution in [-0.2, 0) is 0 Å². The quantitative estimate of drug-likeness (QED) is 0.667. The molecule has 1 aliphatic heterocycles. The van der Waals surface area contributed by atoms with E-state index in [1.54, 1.807) is 0 Å². The van der Waals surface area contributed by atoms with Crippen LogP contribution in [0.5, 0.6) is 0 Å². The molecule has 1 nitrogen and oxygen atoms in total. The van der Waals surface area contributed by atoms with E-state index in [2.05, 4.69) is 43.4 Å². The Morgan fingerprint density at radius 2 is 2.08 bits per heavy atom. The van der Waals surface area contributed by atoms with Gasteiger partial charge in [0.15, 0.2) is 0 Å². The lowest BCUT2D eigenvalue weighted by Crippen LogP contribution is -2.08. The van der Waals surface area contributed by atoms with Gasteiger partial charge in [0.2, 0.25) is 0 Å². The first-order valence-electron chi connectivity index (χ1n) is 4.62. The molecule has 64 valence electrons. The van der Waals surface area contributed by atoms with E-state index in [1.165, 1.54) is 11.3 Å². The van der Waals surface area contributed by atoms with Crippen molar-refractivity contribution in [3.8, 4) is 0 Å². The molecular formula is C11H15N. The zero-order chi connectivity index (χ0) is 8.55. The van der Waals surface area contributed by atoms with E-state index < -0.39 is 0 Å². The summed E-state index contributed by atoms with van der Waals surface area (Å²) < 4.78 is 0. The Labute approximate surface area is 73.8 Å². The van der Waals surface area contributed by atoms with E-state index >= 15 is 0 Å². The minimum Gasteiger partial charge on any atom is -0.384 e. The summed E-state index contributed by atoms with van der Waals surface area (Å²) >= 11 is 0. The van der Waals surface area contributed by atoms with E-state index in [0.29, 0.717) is 5.92 Å². The van der Waals surface area contributed by atoms with Gasteiger partial charge in [-0.05, 0) is 17.5 Å². The van der Waals surface area contributed by atoms with Crippen molar-refractivity contribution in [2.75, 3.05) is 11.9 Å². The molecule has 2 rings (SSSR count). The number of fused-ring (bicyclic) bond motifs is 1. The van der Waals surface area contributed by atoms with Crippen LogP contribution in [0.3, 0.4) is 0 Å². The van der Waals surface area contributed by atoms with Crippen LogP contribution in [0.1, 0.15) is 25.3 Å². The summed E-state index contributed by atoms with van der Waals surface area (Å²) in [6, 6.07) is 8.62. The molecular weight excluding hydrogens is 146 g/mol. The molecule has 1 atom stereocenters. The summed E-state index contributed by atoms with van der Waals surface area (Å²) in [5.41, 5.74) is 2.82. The lowest BCUT2D eigenvalue weighted by molar-refractivity contribution is 0.533. The standard InChI is InChI=1S/C11H15N/c1-8(2)10-7-12-11-6-4-3-5-9(10)11/h3-6,8,10,12H,7H2,1-2H3/t10-/m1/s1. The highest BCUT2D eigenvalue weighted by molar-refractivity contribution is 5.57. The molecule has 0 bridgehead atoms. The van der Waals surface area contributed by atoms with Crippen molar-refractivity contribution >= 4 is 5.69 Å². The van der Waals surface area contributed by atoms with Crippen molar-refractivity contribution in [2.24, 2.45) is 5.92 Å². The fourth-order valence-corrected chi connectivity index (χ4v) is 1.91. The summed E-state index contributed by atoms with van der Waals surface area (Å²) in [4.78, 5) is 0. The van der Waals surface area contributed by atoms with Crippen molar-refractivity contribution in [1.29, 1.82) is 0 Å². The third-order valence-corrected chi connectivity index (χ3v) is 2.68. The monoisotopic (exact) mass is 161 g/mol. The van der Waals surface area contributed by atoms with Gasteiger partial charge >= 0.3 is 0 Å². The smallest absolute Gasteiger partial charge is 0.0376 e. The molecule has 0 spiro atoms. The van der Waals surface area contributed by atoms with Crippen LogP contribution in [0, 0.1) is 5.92 Å². The number of nitrogens with one attached hydrogen (secondary N) is 1. The van der Waals surface area contributed by atoms with Crippen molar-refractivity contribution in [3.05, 3.63) is 29.8 Å². The maximum Gasteiger partial charge on any atom is 0.0376 e. The van der Waals surface area contributed by atoms with E-state index in [1.807, 2.05) is 0 Å². The predicted octanol–water partition coefficient (Wildman–Crippen LogP) is 2.85. The fourth-order valence-electron chi connectivity index (χ4n) is 1.91. The number of para-hydroxylation sites is 1. The summed E-state index contributed by atoms with van der Waals surface area (Å²) in [7, 11) is 0. The molecule has 0 amide bonds. The number of hydrogen-bond acceptors (Lipinski definition) is 1. The van der Waals surface area contributed by atoms with Gasteiger partial charge in [-0.3, -0.25) is 0 Å². The van der Waals surface area contributed by atoms with Crippen molar-refractivity contribution < 1.29 is 0 Å². The lowest BCUT2D eigenvalue weighted by Gasteiger charge is -2.13. The molecule has 1 aliphatic rings. The van der Waals surface area contributed by atoms with E-state index in [0.717, 1.165) is 12.5 Å². The molecule has 12 heavy (non-hydrogen) atoms. The Morgan fingerprint density at radius 1 is 1.33 bits per heavy atom. The Hall–Kier alpha value is -0.980. The zero-order valence-electron chi connectivity index (χ0n) is 7.67. The van der Waals surface area contributed by atoms with Gasteiger partial charge in [0, 0.05) is 18.2 Å². The van der Waals surface area contributed by atoms with Crippen LogP contribution >= 0.6 is 0 Å². The molecule has 1 heterocycles. The van der Waals surface area contributed by atoms with Crippen LogP contribution in [0.15, 0.2) is 24.3 Å². The van der Waals surface area contributed by atoms with E-state index in [-0.39, 0.29) is 0 Å². The molecule has 0 aromatic heterocycles. The highest BCUT2D eigenvalue weighted by Gasteiger charge is 2.23. The van der Waals surface area contributed by atoms with Gasteiger partial charge in [-0.1, -0.05) is 32.0 Å². The fraction of sp³-hybridized carbons (Fsp3) is 0.455. The van der Waals surface area contributed by atoms with Crippen LogP contribution < -0.4 is 5.32 Å². The summed E-state index contributed by atoms with van der Waals surface area (Å²) in [5.74, 6) is 1.45. The third kappa shape index (κ3) is 1.09. The second-order valence-corrected chi connectivity index (χ2v) is 3.82. The van der Waals surface area contributed by atoms with Crippen LogP contribution in [0.4, 0.5) is 5.69 Å². The molecule has 0 saturated carbocycles. The first-order chi connectivity index (χ1) is 5.79. The Morgan fingerprint density at radius 3 is 2.83 bits per heavy atom. The Balaban J connectivity index is 2.36. The third-order valence-electron chi connectivity index (χ3n) is 2.68. The summed E-state index contributed by atoms with van der Waals surface area (Å²) in [5, 5.41) is 3.43. The van der Waals surface area contributed by atoms with Gasteiger partial charge in [-0.2, -0.15) is 0 Å². The highest BCUT2D eigenvalue weighted by Crippen LogP contribution is 2.35. The molecule has 1 heteroatoms. The first-order valence-corrected chi connectivity index (χ1v) is 4.62. The zero-order valence-corrected chi connectivity index (χ0v) is 7.67. The van der Waals surface area contributed by atoms with Crippen LogP contribution in [0.25, 0.3) is 0 Å². The molecule has 1 N–H and O–H groups in total. The molecule has 0 aliphatic carbocycles. The second kappa shape index (κ2) is 2.81. The average Bonchev–Trinajstić information content (AvgIpc) is 2.47. The van der Waals surface area contributed by atoms with E-state index in [9.17, 15) is 0 Å². The molecule has 0 unspecified atom stereocenters. The number of hydrogen-bond donors (Lipinski definition) is 1. The maximum absolute atomic E-state index is 3.43. The second-order valence-electron chi connectivity index (χ2n) is 3.82. The lowest BCUT2D eigenvalue weighted by atomic mass is 9.90. The molecule has 1 aromatic rings. The van der Waals surface area contributed by atoms with Gasteiger partial charge in [0.05, 0.1) is 0 Å². The number of anilines is 1. The molecule has 0 radical (unpaired) electrons. The number of benzene rings is 1. The summed E-state index contributed by atoms with van der Waals surface area (Å²) in [6.45, 7) is 5.68. The average molecular weight is 161 g/mol. The van der Waals surface area contributed by atoms with Gasteiger partial charge in [-0.15, -0.1) is 0 Å². The predicted molar refractivity (Wildman–Crippen MR) is 52.5 cm³/mol. The molecule has 0 fully saturated rings. The molecule has 1 aromatic carbocycles. The minimum atomic E-state index is 0.709. The summed E-state index contributed by atoms with van der Waals surface area (Å²) in [6.07, 6.45) is 0. The van der Waals surface area contributed by atoms with Crippen molar-refractivity contribution in [1.82, 2.24) is 0 Å².